The van der Waals surface area contributed by atoms with Gasteiger partial charge >= 0.3 is 0 Å². The fourth-order valence-corrected chi connectivity index (χ4v) is 3.63. The van der Waals surface area contributed by atoms with Crippen molar-refractivity contribution in [3.8, 4) is 11.1 Å². The normalized spacial score (nSPS) is 14.1. The molecule has 114 valence electrons. The van der Waals surface area contributed by atoms with Crippen molar-refractivity contribution in [3.05, 3.63) is 70.8 Å². The van der Waals surface area contributed by atoms with Crippen molar-refractivity contribution >= 4 is 16.6 Å². The molecule has 0 amide bonds. The van der Waals surface area contributed by atoms with Crippen LogP contribution in [0.5, 0.6) is 0 Å². The molecule has 0 fully saturated rings. The summed E-state index contributed by atoms with van der Waals surface area (Å²) in [5, 5.41) is 2.36. The van der Waals surface area contributed by atoms with Crippen molar-refractivity contribution < 1.29 is 9.53 Å². The molecule has 4 rings (SSSR count). The summed E-state index contributed by atoms with van der Waals surface area (Å²) in [7, 11) is 0. The van der Waals surface area contributed by atoms with Crippen LogP contribution in [0.3, 0.4) is 0 Å². The lowest BCUT2D eigenvalue weighted by molar-refractivity contribution is 0.0667. The van der Waals surface area contributed by atoms with Gasteiger partial charge in [0.15, 0.2) is 5.78 Å². The van der Waals surface area contributed by atoms with Gasteiger partial charge in [-0.1, -0.05) is 48.0 Å². The van der Waals surface area contributed by atoms with Crippen molar-refractivity contribution in [2.75, 3.05) is 6.61 Å². The van der Waals surface area contributed by atoms with E-state index in [4.69, 9.17) is 4.74 Å². The molecule has 3 aromatic carbocycles. The molecular formula is C21H18O2. The highest BCUT2D eigenvalue weighted by molar-refractivity contribution is 6.09. The number of hydrogen-bond donors (Lipinski definition) is 0. The minimum Gasteiger partial charge on any atom is -0.369 e. The van der Waals surface area contributed by atoms with Crippen LogP contribution in [-0.4, -0.2) is 12.4 Å². The van der Waals surface area contributed by atoms with Gasteiger partial charge in [-0.3, -0.25) is 4.79 Å². The molecule has 23 heavy (non-hydrogen) atoms. The maximum atomic E-state index is 12.4. The van der Waals surface area contributed by atoms with E-state index in [0.29, 0.717) is 6.61 Å². The van der Waals surface area contributed by atoms with E-state index in [-0.39, 0.29) is 12.4 Å². The van der Waals surface area contributed by atoms with E-state index in [2.05, 4.69) is 38.1 Å². The van der Waals surface area contributed by atoms with Crippen LogP contribution in [0.1, 0.15) is 27.0 Å². The third kappa shape index (κ3) is 2.27. The quantitative estimate of drug-likeness (QED) is 0.643. The second kappa shape index (κ2) is 5.32. The third-order valence-electron chi connectivity index (χ3n) is 4.53. The van der Waals surface area contributed by atoms with Crippen LogP contribution >= 0.6 is 0 Å². The smallest absolute Gasteiger partial charge is 0.188 e. The summed E-state index contributed by atoms with van der Waals surface area (Å²) in [6.07, 6.45) is 0. The number of ketones is 1. The van der Waals surface area contributed by atoms with E-state index in [1.54, 1.807) is 0 Å². The van der Waals surface area contributed by atoms with Crippen LogP contribution in [0.15, 0.2) is 48.5 Å². The highest BCUT2D eigenvalue weighted by Crippen LogP contribution is 2.38. The summed E-state index contributed by atoms with van der Waals surface area (Å²) in [5.74, 6) is 0.0736. The molecule has 2 heteroatoms. The zero-order chi connectivity index (χ0) is 16.0. The summed E-state index contributed by atoms with van der Waals surface area (Å²) < 4.78 is 5.53. The monoisotopic (exact) mass is 302 g/mol. The average Bonchev–Trinajstić information content (AvgIpc) is 2.54. The Hall–Kier alpha value is -2.45. The van der Waals surface area contributed by atoms with Gasteiger partial charge in [0.05, 0.1) is 6.61 Å². The molecular weight excluding hydrogens is 284 g/mol. The van der Waals surface area contributed by atoms with Crippen molar-refractivity contribution in [2.24, 2.45) is 0 Å². The standard InChI is InChI=1S/C21H18O2/c1-13-8-14(2)20-16(9-13)10-17-18(11-23-12-19(17)22)21(20)15-6-4-3-5-7-15/h3-10H,11-12H2,1-2H3. The van der Waals surface area contributed by atoms with Gasteiger partial charge in [-0.2, -0.15) is 0 Å². The van der Waals surface area contributed by atoms with Crippen LogP contribution in [0.2, 0.25) is 0 Å². The lowest BCUT2D eigenvalue weighted by Gasteiger charge is -2.22. The predicted molar refractivity (Wildman–Crippen MR) is 92.8 cm³/mol. The topological polar surface area (TPSA) is 26.3 Å². The van der Waals surface area contributed by atoms with E-state index in [1.807, 2.05) is 24.3 Å². The maximum Gasteiger partial charge on any atom is 0.188 e. The number of fused-ring (bicyclic) bond motifs is 2. The number of ether oxygens (including phenoxy) is 1. The number of hydrogen-bond acceptors (Lipinski definition) is 2. The van der Waals surface area contributed by atoms with Gasteiger partial charge in [-0.05, 0) is 52.9 Å². The first-order valence-corrected chi connectivity index (χ1v) is 7.88. The molecule has 0 unspecified atom stereocenters. The second-order valence-electron chi connectivity index (χ2n) is 6.24. The van der Waals surface area contributed by atoms with Crippen LogP contribution in [0.25, 0.3) is 21.9 Å². The second-order valence-corrected chi connectivity index (χ2v) is 6.24. The van der Waals surface area contributed by atoms with Gasteiger partial charge in [0.2, 0.25) is 0 Å². The van der Waals surface area contributed by atoms with Crippen molar-refractivity contribution in [3.63, 3.8) is 0 Å². The van der Waals surface area contributed by atoms with Crippen LogP contribution in [0, 0.1) is 13.8 Å². The summed E-state index contributed by atoms with van der Waals surface area (Å²) in [5.41, 5.74) is 6.57. The Kier molecular flexibility index (Phi) is 3.28. The van der Waals surface area contributed by atoms with Crippen LogP contribution in [0.4, 0.5) is 0 Å². The van der Waals surface area contributed by atoms with Crippen molar-refractivity contribution in [1.82, 2.24) is 0 Å². The molecule has 3 aromatic rings. The number of benzene rings is 3. The minimum absolute atomic E-state index is 0.0736. The van der Waals surface area contributed by atoms with Crippen molar-refractivity contribution in [2.45, 2.75) is 20.5 Å². The van der Waals surface area contributed by atoms with E-state index >= 15 is 0 Å². The molecule has 1 heterocycles. The number of carbonyl (C=O) groups excluding carboxylic acids is 1. The number of aryl methyl sites for hydroxylation is 2. The molecule has 0 saturated carbocycles. The first-order valence-electron chi connectivity index (χ1n) is 7.88. The fraction of sp³-hybridized carbons (Fsp3) is 0.190. The fourth-order valence-electron chi connectivity index (χ4n) is 3.63. The molecule has 0 saturated heterocycles. The highest BCUT2D eigenvalue weighted by atomic mass is 16.5. The summed E-state index contributed by atoms with van der Waals surface area (Å²) in [6.45, 7) is 4.91. The van der Waals surface area contributed by atoms with Gasteiger partial charge in [0.1, 0.15) is 6.61 Å². The molecule has 2 nitrogen and oxygen atoms in total. The van der Waals surface area contributed by atoms with Gasteiger partial charge < -0.3 is 4.74 Å². The van der Waals surface area contributed by atoms with Gasteiger partial charge in [0, 0.05) is 5.56 Å². The number of Topliss-reactive ketones (excluding diaryl/α,β-unsaturated/α-hetero) is 1. The molecule has 0 atom stereocenters. The van der Waals surface area contributed by atoms with E-state index in [1.165, 1.54) is 16.5 Å². The van der Waals surface area contributed by atoms with Crippen LogP contribution < -0.4 is 0 Å². The van der Waals surface area contributed by atoms with E-state index in [9.17, 15) is 4.79 Å². The SMILES string of the molecule is Cc1cc(C)c2c(-c3ccccc3)c3c(cc2c1)C(=O)COC3. The Labute approximate surface area is 135 Å². The Morgan fingerprint density at radius 1 is 0.957 bits per heavy atom. The first kappa shape index (κ1) is 14.2. The van der Waals surface area contributed by atoms with E-state index < -0.39 is 0 Å². The molecule has 0 N–H and O–H groups in total. The Morgan fingerprint density at radius 2 is 1.74 bits per heavy atom. The van der Waals surface area contributed by atoms with E-state index in [0.717, 1.165) is 27.6 Å². The molecule has 0 radical (unpaired) electrons. The highest BCUT2D eigenvalue weighted by Gasteiger charge is 2.24. The average molecular weight is 302 g/mol. The molecule has 0 bridgehead atoms. The van der Waals surface area contributed by atoms with Crippen molar-refractivity contribution in [1.29, 1.82) is 0 Å². The van der Waals surface area contributed by atoms with Gasteiger partial charge in [0.25, 0.3) is 0 Å². The Balaban J connectivity index is 2.18. The number of rotatable bonds is 1. The van der Waals surface area contributed by atoms with Gasteiger partial charge in [-0.25, -0.2) is 0 Å². The Bertz CT molecular complexity index is 924. The molecule has 0 spiro atoms. The predicted octanol–water partition coefficient (Wildman–Crippen LogP) is 4.84. The molecule has 0 aliphatic carbocycles. The lowest BCUT2D eigenvalue weighted by Crippen LogP contribution is -2.19. The third-order valence-corrected chi connectivity index (χ3v) is 4.53. The maximum absolute atomic E-state index is 12.4. The molecule has 0 aromatic heterocycles. The molecule has 1 aliphatic rings. The summed E-state index contributed by atoms with van der Waals surface area (Å²) in [4.78, 5) is 12.4. The molecule has 1 aliphatic heterocycles. The zero-order valence-corrected chi connectivity index (χ0v) is 13.3. The van der Waals surface area contributed by atoms with Crippen LogP contribution in [-0.2, 0) is 11.3 Å². The zero-order valence-electron chi connectivity index (χ0n) is 13.3. The minimum atomic E-state index is 0.0736. The summed E-state index contributed by atoms with van der Waals surface area (Å²) >= 11 is 0. The summed E-state index contributed by atoms with van der Waals surface area (Å²) in [6, 6.07) is 16.7. The number of carbonyl (C=O) groups is 1. The largest absolute Gasteiger partial charge is 0.369 e. The lowest BCUT2D eigenvalue weighted by atomic mass is 9.85. The van der Waals surface area contributed by atoms with Gasteiger partial charge in [-0.15, -0.1) is 0 Å². The first-order chi connectivity index (χ1) is 11.1. The Morgan fingerprint density at radius 3 is 2.52 bits per heavy atom.